The lowest BCUT2D eigenvalue weighted by Crippen LogP contribution is -2.21. The molecule has 0 aliphatic heterocycles. The number of hydrogen-bond donors (Lipinski definition) is 3. The third-order valence-corrected chi connectivity index (χ3v) is 5.54. The number of nitrogen functional groups attached to an aromatic ring is 1. The normalized spacial score (nSPS) is 14.0. The number of nitrogens with zero attached hydrogens (tertiary/aromatic N) is 3. The highest BCUT2D eigenvalue weighted by Crippen LogP contribution is 2.41. The molecule has 0 saturated heterocycles. The maximum absolute atomic E-state index is 9.40. The third kappa shape index (κ3) is 4.25. The number of benzene rings is 2. The standard InChI is InChI=1S/C24H24N6O/c1-13-12-29-30-14(2)22(13)24(28)31-19-5-6-21(26)20(10-19)23(27)18-8-15(11-25)7-17(9-18)16-3-4-16/h5-10,12,16,24,27H,3-4,26,28H2,1-2H3/t24-/m0/s1. The smallest absolute Gasteiger partial charge is 0.176 e. The average Bonchev–Trinajstić information content (AvgIpc) is 3.59. The summed E-state index contributed by atoms with van der Waals surface area (Å²) in [6.07, 6.45) is 3.15. The number of rotatable bonds is 6. The summed E-state index contributed by atoms with van der Waals surface area (Å²) in [5.41, 5.74) is 18.4. The van der Waals surface area contributed by atoms with E-state index in [4.69, 9.17) is 21.6 Å². The van der Waals surface area contributed by atoms with Crippen LogP contribution < -0.4 is 16.2 Å². The summed E-state index contributed by atoms with van der Waals surface area (Å²) < 4.78 is 5.97. The van der Waals surface area contributed by atoms with E-state index in [0.29, 0.717) is 39.7 Å². The van der Waals surface area contributed by atoms with Gasteiger partial charge in [0, 0.05) is 22.4 Å². The Balaban J connectivity index is 1.65. The molecule has 1 fully saturated rings. The van der Waals surface area contributed by atoms with Gasteiger partial charge in [-0.25, -0.2) is 0 Å². The molecule has 1 aliphatic carbocycles. The van der Waals surface area contributed by atoms with E-state index in [1.54, 1.807) is 30.5 Å². The number of aromatic nitrogens is 2. The monoisotopic (exact) mass is 412 g/mol. The quantitative estimate of drug-likeness (QED) is 0.319. The van der Waals surface area contributed by atoms with Crippen molar-refractivity contribution in [3.8, 4) is 11.8 Å². The van der Waals surface area contributed by atoms with Crippen molar-refractivity contribution in [2.45, 2.75) is 38.8 Å². The van der Waals surface area contributed by atoms with Gasteiger partial charge in [-0.2, -0.15) is 15.5 Å². The first-order valence-corrected chi connectivity index (χ1v) is 10.1. The van der Waals surface area contributed by atoms with Gasteiger partial charge in [0.2, 0.25) is 0 Å². The van der Waals surface area contributed by atoms with Gasteiger partial charge in [-0.15, -0.1) is 0 Å². The Bertz CT molecular complexity index is 1190. The van der Waals surface area contributed by atoms with Crippen LogP contribution >= 0.6 is 0 Å². The molecule has 0 unspecified atom stereocenters. The van der Waals surface area contributed by atoms with E-state index in [0.717, 1.165) is 29.5 Å². The fourth-order valence-corrected chi connectivity index (χ4v) is 3.74. The van der Waals surface area contributed by atoms with Gasteiger partial charge in [-0.3, -0.25) is 11.1 Å². The van der Waals surface area contributed by atoms with Gasteiger partial charge in [0.05, 0.1) is 29.2 Å². The molecule has 3 aromatic rings. The second-order valence-corrected chi connectivity index (χ2v) is 7.92. The van der Waals surface area contributed by atoms with Crippen LogP contribution in [0.25, 0.3) is 0 Å². The molecule has 31 heavy (non-hydrogen) atoms. The van der Waals surface area contributed by atoms with Crippen LogP contribution in [0.2, 0.25) is 0 Å². The Labute approximate surface area is 181 Å². The molecule has 0 radical (unpaired) electrons. The van der Waals surface area contributed by atoms with Crippen LogP contribution in [0.4, 0.5) is 5.69 Å². The first-order chi connectivity index (χ1) is 14.9. The molecule has 5 N–H and O–H groups in total. The van der Waals surface area contributed by atoms with Crippen LogP contribution in [0.15, 0.2) is 42.6 Å². The van der Waals surface area contributed by atoms with Crippen molar-refractivity contribution < 1.29 is 4.74 Å². The molecule has 156 valence electrons. The number of nitrogens with two attached hydrogens (primary N) is 2. The summed E-state index contributed by atoms with van der Waals surface area (Å²) in [5.74, 6) is 0.973. The van der Waals surface area contributed by atoms with Gasteiger partial charge in [-0.1, -0.05) is 0 Å². The number of aryl methyl sites for hydroxylation is 2. The summed E-state index contributed by atoms with van der Waals surface area (Å²) in [6.45, 7) is 3.74. The Hall–Kier alpha value is -3.76. The van der Waals surface area contributed by atoms with Crippen LogP contribution in [0, 0.1) is 30.6 Å². The first kappa shape index (κ1) is 20.5. The lowest BCUT2D eigenvalue weighted by molar-refractivity contribution is 0.211. The molecule has 0 amide bonds. The van der Waals surface area contributed by atoms with Crippen LogP contribution in [0.1, 0.15) is 64.1 Å². The van der Waals surface area contributed by atoms with Gasteiger partial charge >= 0.3 is 0 Å². The SMILES string of the molecule is Cc1cnnc(C)c1[C@@H](N)Oc1ccc(N)c(C(=N)c2cc(C#N)cc(C3CC3)c2)c1. The first-order valence-electron chi connectivity index (χ1n) is 10.1. The summed E-state index contributed by atoms with van der Waals surface area (Å²) in [7, 11) is 0. The molecule has 0 bridgehead atoms. The van der Waals surface area contributed by atoms with Crippen molar-refractivity contribution in [1.29, 1.82) is 10.7 Å². The Morgan fingerprint density at radius 1 is 1.23 bits per heavy atom. The van der Waals surface area contributed by atoms with Crippen LogP contribution in [0.3, 0.4) is 0 Å². The minimum atomic E-state index is -0.732. The van der Waals surface area contributed by atoms with Crippen molar-refractivity contribution in [3.05, 3.63) is 81.7 Å². The number of nitrogens with one attached hydrogen (secondary N) is 1. The van der Waals surface area contributed by atoms with Crippen LogP contribution in [0.5, 0.6) is 5.75 Å². The number of anilines is 1. The van der Waals surface area contributed by atoms with E-state index in [2.05, 4.69) is 16.3 Å². The second kappa shape index (κ2) is 8.17. The maximum atomic E-state index is 9.40. The van der Waals surface area contributed by atoms with E-state index in [-0.39, 0.29) is 5.71 Å². The molecule has 0 spiro atoms. The van der Waals surface area contributed by atoms with E-state index < -0.39 is 6.23 Å². The van der Waals surface area contributed by atoms with Crippen molar-refractivity contribution >= 4 is 11.4 Å². The number of ether oxygens (including phenoxy) is 1. The van der Waals surface area contributed by atoms with Crippen molar-refractivity contribution in [3.63, 3.8) is 0 Å². The van der Waals surface area contributed by atoms with Crippen LogP contribution in [-0.2, 0) is 0 Å². The average molecular weight is 412 g/mol. The Kier molecular flexibility index (Phi) is 5.40. The second-order valence-electron chi connectivity index (χ2n) is 7.92. The van der Waals surface area contributed by atoms with Gasteiger partial charge < -0.3 is 10.5 Å². The van der Waals surface area contributed by atoms with Gasteiger partial charge in [0.25, 0.3) is 0 Å². The minimum Gasteiger partial charge on any atom is -0.471 e. The lowest BCUT2D eigenvalue weighted by atomic mass is 9.95. The largest absolute Gasteiger partial charge is 0.471 e. The predicted molar refractivity (Wildman–Crippen MR) is 119 cm³/mol. The zero-order valence-electron chi connectivity index (χ0n) is 17.5. The van der Waals surface area contributed by atoms with Gasteiger partial charge in [0.15, 0.2) is 6.23 Å². The summed E-state index contributed by atoms with van der Waals surface area (Å²) in [5, 5.41) is 26.1. The zero-order valence-corrected chi connectivity index (χ0v) is 17.5. The maximum Gasteiger partial charge on any atom is 0.176 e. The molecular formula is C24H24N6O. The molecular weight excluding hydrogens is 388 g/mol. The van der Waals surface area contributed by atoms with Crippen molar-refractivity contribution in [2.75, 3.05) is 5.73 Å². The summed E-state index contributed by atoms with van der Waals surface area (Å²) in [4.78, 5) is 0. The highest BCUT2D eigenvalue weighted by Gasteiger charge is 2.25. The molecule has 7 nitrogen and oxygen atoms in total. The minimum absolute atomic E-state index is 0.244. The van der Waals surface area contributed by atoms with E-state index >= 15 is 0 Å². The number of nitriles is 1. The number of hydrogen-bond acceptors (Lipinski definition) is 7. The zero-order chi connectivity index (χ0) is 22.1. The fourth-order valence-electron chi connectivity index (χ4n) is 3.74. The lowest BCUT2D eigenvalue weighted by Gasteiger charge is -2.19. The molecule has 1 aromatic heterocycles. The van der Waals surface area contributed by atoms with Crippen LogP contribution in [-0.4, -0.2) is 15.9 Å². The molecule has 1 saturated carbocycles. The van der Waals surface area contributed by atoms with E-state index in [1.807, 2.05) is 26.0 Å². The molecule has 1 atom stereocenters. The molecule has 2 aromatic carbocycles. The Morgan fingerprint density at radius 2 is 2.00 bits per heavy atom. The predicted octanol–water partition coefficient (Wildman–Crippen LogP) is 3.88. The molecule has 4 rings (SSSR count). The molecule has 1 heterocycles. The van der Waals surface area contributed by atoms with E-state index in [9.17, 15) is 5.26 Å². The van der Waals surface area contributed by atoms with E-state index in [1.165, 1.54) is 0 Å². The molecule has 1 aliphatic rings. The van der Waals surface area contributed by atoms with Crippen molar-refractivity contribution in [1.82, 2.24) is 10.2 Å². The topological polar surface area (TPSA) is 135 Å². The Morgan fingerprint density at radius 3 is 2.68 bits per heavy atom. The highest BCUT2D eigenvalue weighted by atomic mass is 16.5. The third-order valence-electron chi connectivity index (χ3n) is 5.54. The fraction of sp³-hybridized carbons (Fsp3) is 0.250. The summed E-state index contributed by atoms with van der Waals surface area (Å²) >= 11 is 0. The molecule has 7 heteroatoms. The van der Waals surface area contributed by atoms with Gasteiger partial charge in [-0.05, 0) is 80.1 Å². The van der Waals surface area contributed by atoms with Gasteiger partial charge in [0.1, 0.15) is 5.75 Å². The van der Waals surface area contributed by atoms with Crippen molar-refractivity contribution in [2.24, 2.45) is 5.73 Å². The summed E-state index contributed by atoms with van der Waals surface area (Å²) in [6, 6.07) is 13.0. The highest BCUT2D eigenvalue weighted by molar-refractivity contribution is 6.14.